The lowest BCUT2D eigenvalue weighted by molar-refractivity contribution is -0.129. The summed E-state index contributed by atoms with van der Waals surface area (Å²) in [5.41, 5.74) is -0.605. The highest BCUT2D eigenvalue weighted by Gasteiger charge is 2.50. The molecule has 2 N–H and O–H groups in total. The summed E-state index contributed by atoms with van der Waals surface area (Å²) in [4.78, 5) is 37.9. The van der Waals surface area contributed by atoms with E-state index in [0.717, 1.165) is 38.1 Å². The summed E-state index contributed by atoms with van der Waals surface area (Å²) in [6, 6.07) is 5.71. The predicted octanol–water partition coefficient (Wildman–Crippen LogP) is 3.44. The zero-order valence-electron chi connectivity index (χ0n) is 21.4. The third-order valence-corrected chi connectivity index (χ3v) is 8.14. The van der Waals surface area contributed by atoms with Gasteiger partial charge in [0.25, 0.3) is 5.91 Å². The van der Waals surface area contributed by atoms with Crippen LogP contribution in [0, 0.1) is 23.5 Å². The number of halogens is 2. The molecule has 0 bridgehead atoms. The molecular formula is C28H30F2N6O3. The van der Waals surface area contributed by atoms with Crippen molar-refractivity contribution in [2.45, 2.75) is 50.1 Å². The van der Waals surface area contributed by atoms with E-state index in [4.69, 9.17) is 4.52 Å². The molecule has 6 rings (SSSR count). The van der Waals surface area contributed by atoms with Crippen LogP contribution in [0.3, 0.4) is 0 Å². The van der Waals surface area contributed by atoms with Gasteiger partial charge in [-0.05, 0) is 56.2 Å². The minimum atomic E-state index is -0.815. The molecule has 39 heavy (non-hydrogen) atoms. The molecule has 0 radical (unpaired) electrons. The van der Waals surface area contributed by atoms with Crippen molar-refractivity contribution in [3.8, 4) is 11.3 Å². The van der Waals surface area contributed by atoms with Crippen LogP contribution in [-0.2, 0) is 10.3 Å². The number of nitrogens with one attached hydrogen (secondary N) is 2. The molecule has 3 fully saturated rings. The molecule has 1 aromatic carbocycles. The topological polar surface area (TPSA) is 113 Å². The van der Waals surface area contributed by atoms with E-state index in [1.54, 1.807) is 18.5 Å². The van der Waals surface area contributed by atoms with Crippen molar-refractivity contribution in [1.29, 1.82) is 0 Å². The Hall–Kier alpha value is -3.73. The number of hydrogen-bond acceptors (Lipinski definition) is 7. The standard InChI is InChI=1S/C28H30F2N6O3/c29-18-5-6-19(21(30)13-18)24-14-23(35-39-24)26(38)33-22-7-12-36(15-17-3-1-4-17)16-20(22)25(37)34-28(8-9-28)27-31-10-2-11-32-27/h2,5-6,10-11,13-14,17,20,22H,1,3-4,7-9,12,15-16H2,(H,33,38)(H,34,37)/t20-,22-/m0/s1. The number of aromatic nitrogens is 3. The molecule has 204 valence electrons. The fraction of sp³-hybridized carbons (Fsp3) is 0.464. The van der Waals surface area contributed by atoms with Crippen molar-refractivity contribution < 1.29 is 22.9 Å². The van der Waals surface area contributed by atoms with Crippen molar-refractivity contribution in [2.24, 2.45) is 11.8 Å². The van der Waals surface area contributed by atoms with Gasteiger partial charge in [-0.2, -0.15) is 0 Å². The van der Waals surface area contributed by atoms with Gasteiger partial charge >= 0.3 is 0 Å². The molecule has 2 amide bonds. The number of likely N-dealkylation sites (tertiary alicyclic amines) is 1. The quantitative estimate of drug-likeness (QED) is 0.454. The number of rotatable bonds is 8. The summed E-state index contributed by atoms with van der Waals surface area (Å²) in [6.45, 7) is 2.25. The number of hydrogen-bond donors (Lipinski definition) is 2. The number of carbonyl (C=O) groups is 2. The molecule has 3 aliphatic rings. The van der Waals surface area contributed by atoms with Gasteiger partial charge in [0.05, 0.1) is 17.0 Å². The molecule has 1 saturated heterocycles. The van der Waals surface area contributed by atoms with Crippen LogP contribution in [0.4, 0.5) is 8.78 Å². The van der Waals surface area contributed by atoms with Crippen LogP contribution in [0.2, 0.25) is 0 Å². The maximum atomic E-state index is 14.2. The first-order valence-electron chi connectivity index (χ1n) is 13.4. The van der Waals surface area contributed by atoms with Gasteiger partial charge in [0.2, 0.25) is 5.91 Å². The summed E-state index contributed by atoms with van der Waals surface area (Å²) >= 11 is 0. The molecule has 2 atom stereocenters. The first kappa shape index (κ1) is 25.5. The number of piperidine rings is 1. The van der Waals surface area contributed by atoms with E-state index >= 15 is 0 Å². The van der Waals surface area contributed by atoms with Crippen LogP contribution in [-0.4, -0.2) is 57.5 Å². The maximum absolute atomic E-state index is 14.2. The first-order chi connectivity index (χ1) is 18.9. The van der Waals surface area contributed by atoms with Gasteiger partial charge in [-0.25, -0.2) is 18.7 Å². The Labute approximate surface area is 224 Å². The molecule has 3 heterocycles. The number of nitrogens with zero attached hydrogens (tertiary/aromatic N) is 4. The third-order valence-electron chi connectivity index (χ3n) is 8.14. The second kappa shape index (κ2) is 10.4. The van der Waals surface area contributed by atoms with Crippen molar-refractivity contribution in [2.75, 3.05) is 19.6 Å². The molecule has 0 spiro atoms. The third kappa shape index (κ3) is 5.40. The average molecular weight is 537 g/mol. The summed E-state index contributed by atoms with van der Waals surface area (Å²) < 4.78 is 32.7. The lowest BCUT2D eigenvalue weighted by atomic mass is 9.83. The SMILES string of the molecule is O=C(N[C@H]1CCN(CC2CCC2)C[C@@H]1C(=O)NC1(c2ncccn2)CC1)c1cc(-c2ccc(F)cc2F)on1. The van der Waals surface area contributed by atoms with Gasteiger partial charge in [-0.15, -0.1) is 0 Å². The summed E-state index contributed by atoms with van der Waals surface area (Å²) in [5.74, 6) is -1.39. The Kier molecular flexibility index (Phi) is 6.84. The zero-order valence-corrected chi connectivity index (χ0v) is 21.4. The minimum Gasteiger partial charge on any atom is -0.355 e. The highest BCUT2D eigenvalue weighted by molar-refractivity contribution is 5.94. The normalized spacial score (nSPS) is 22.6. The molecule has 3 aromatic rings. The zero-order chi connectivity index (χ0) is 27.0. The molecule has 2 aromatic heterocycles. The Morgan fingerprint density at radius 2 is 1.90 bits per heavy atom. The van der Waals surface area contributed by atoms with Gasteiger partial charge in [0.15, 0.2) is 17.3 Å². The molecule has 9 nitrogen and oxygen atoms in total. The highest BCUT2D eigenvalue weighted by Crippen LogP contribution is 2.44. The summed E-state index contributed by atoms with van der Waals surface area (Å²) in [5, 5.41) is 9.95. The van der Waals surface area contributed by atoms with Crippen LogP contribution in [0.1, 0.15) is 54.8 Å². The summed E-state index contributed by atoms with van der Waals surface area (Å²) in [7, 11) is 0. The van der Waals surface area contributed by atoms with E-state index in [-0.39, 0.29) is 22.9 Å². The Bertz CT molecular complexity index is 1360. The van der Waals surface area contributed by atoms with E-state index in [1.807, 2.05) is 0 Å². The van der Waals surface area contributed by atoms with Crippen LogP contribution in [0.25, 0.3) is 11.3 Å². The largest absolute Gasteiger partial charge is 0.355 e. The fourth-order valence-electron chi connectivity index (χ4n) is 5.51. The highest BCUT2D eigenvalue weighted by atomic mass is 19.1. The summed E-state index contributed by atoms with van der Waals surface area (Å²) in [6.07, 6.45) is 9.14. The molecule has 0 unspecified atom stereocenters. The average Bonchev–Trinajstić information content (AvgIpc) is 3.52. The van der Waals surface area contributed by atoms with Crippen LogP contribution >= 0.6 is 0 Å². The monoisotopic (exact) mass is 536 g/mol. The van der Waals surface area contributed by atoms with Crippen molar-refractivity contribution in [3.63, 3.8) is 0 Å². The molecule has 1 aliphatic heterocycles. The lowest BCUT2D eigenvalue weighted by Gasteiger charge is -2.41. The number of amides is 2. The van der Waals surface area contributed by atoms with Crippen molar-refractivity contribution in [3.05, 3.63) is 65.9 Å². The van der Waals surface area contributed by atoms with E-state index in [0.29, 0.717) is 24.7 Å². The number of benzene rings is 1. The van der Waals surface area contributed by atoms with Gasteiger partial charge < -0.3 is 20.1 Å². The molecule has 11 heteroatoms. The smallest absolute Gasteiger partial charge is 0.273 e. The van der Waals surface area contributed by atoms with E-state index in [2.05, 4.69) is 30.7 Å². The second-order valence-corrected chi connectivity index (χ2v) is 10.9. The van der Waals surface area contributed by atoms with Crippen molar-refractivity contribution >= 4 is 11.8 Å². The second-order valence-electron chi connectivity index (χ2n) is 10.9. The van der Waals surface area contributed by atoms with Gasteiger partial charge in [-0.3, -0.25) is 9.59 Å². The Morgan fingerprint density at radius 3 is 2.59 bits per heavy atom. The van der Waals surface area contributed by atoms with Crippen LogP contribution < -0.4 is 10.6 Å². The number of carbonyl (C=O) groups excluding carboxylic acids is 2. The van der Waals surface area contributed by atoms with Crippen molar-refractivity contribution in [1.82, 2.24) is 30.7 Å². The van der Waals surface area contributed by atoms with Crippen LogP contribution in [0.5, 0.6) is 0 Å². The first-order valence-corrected chi connectivity index (χ1v) is 13.4. The lowest BCUT2D eigenvalue weighted by Crippen LogP contribution is -2.57. The predicted molar refractivity (Wildman–Crippen MR) is 136 cm³/mol. The molecule has 2 saturated carbocycles. The Morgan fingerprint density at radius 1 is 1.10 bits per heavy atom. The van der Waals surface area contributed by atoms with Gasteiger partial charge in [0.1, 0.15) is 11.6 Å². The van der Waals surface area contributed by atoms with E-state index < -0.39 is 35.0 Å². The van der Waals surface area contributed by atoms with E-state index in [9.17, 15) is 18.4 Å². The molecular weight excluding hydrogens is 506 g/mol. The maximum Gasteiger partial charge on any atom is 0.273 e. The van der Waals surface area contributed by atoms with Gasteiger partial charge in [0, 0.05) is 50.2 Å². The van der Waals surface area contributed by atoms with Gasteiger partial charge in [-0.1, -0.05) is 11.6 Å². The van der Waals surface area contributed by atoms with Crippen LogP contribution in [0.15, 0.2) is 47.2 Å². The Balaban J connectivity index is 1.17. The van der Waals surface area contributed by atoms with E-state index in [1.165, 1.54) is 31.4 Å². The minimum absolute atomic E-state index is 0.00219. The molecule has 2 aliphatic carbocycles. The fourth-order valence-corrected chi connectivity index (χ4v) is 5.51.